The molecule has 1 aromatic carbocycles. The van der Waals surface area contributed by atoms with Crippen molar-refractivity contribution in [2.24, 2.45) is 0 Å². The van der Waals surface area contributed by atoms with Crippen LogP contribution in [0.1, 0.15) is 11.5 Å². The minimum Gasteiger partial charge on any atom is -0.220 e. The number of rotatable bonds is 5. The maximum absolute atomic E-state index is 12.5. The molecular formula is C13H12F3NO2S. The van der Waals surface area contributed by atoms with Gasteiger partial charge in [-0.1, -0.05) is 42.8 Å². The highest BCUT2D eigenvalue weighted by Crippen LogP contribution is 2.28. The van der Waals surface area contributed by atoms with Crippen molar-refractivity contribution >= 4 is 10.0 Å². The molecule has 0 radical (unpaired) electrons. The van der Waals surface area contributed by atoms with Crippen LogP contribution in [0.15, 0.2) is 43.0 Å². The van der Waals surface area contributed by atoms with Crippen molar-refractivity contribution in [3.05, 3.63) is 48.6 Å². The van der Waals surface area contributed by atoms with Gasteiger partial charge in [0.25, 0.3) is 0 Å². The highest BCUT2D eigenvalue weighted by molar-refractivity contribution is 7.90. The Hall–Kier alpha value is -1.94. The Labute approximate surface area is 115 Å². The molecule has 20 heavy (non-hydrogen) atoms. The van der Waals surface area contributed by atoms with E-state index in [1.54, 1.807) is 36.4 Å². The highest BCUT2D eigenvalue weighted by atomic mass is 32.2. The first-order valence-corrected chi connectivity index (χ1v) is 6.90. The minimum absolute atomic E-state index is 0.0493. The summed E-state index contributed by atoms with van der Waals surface area (Å²) in [4.78, 5) is 0. The number of sulfonamides is 1. The van der Waals surface area contributed by atoms with Gasteiger partial charge in [0.2, 0.25) is 0 Å². The van der Waals surface area contributed by atoms with Gasteiger partial charge in [-0.15, -0.1) is 6.58 Å². The predicted octanol–water partition coefficient (Wildman–Crippen LogP) is 2.70. The predicted molar refractivity (Wildman–Crippen MR) is 69.9 cm³/mol. The Kier molecular flexibility index (Phi) is 4.84. The van der Waals surface area contributed by atoms with E-state index in [2.05, 4.69) is 6.58 Å². The molecule has 1 rings (SSSR count). The van der Waals surface area contributed by atoms with E-state index in [1.807, 2.05) is 0 Å². The molecule has 0 heterocycles. The van der Waals surface area contributed by atoms with Crippen LogP contribution >= 0.6 is 0 Å². The molecule has 1 unspecified atom stereocenters. The van der Waals surface area contributed by atoms with Crippen LogP contribution in [0.2, 0.25) is 0 Å². The number of hydrogen-bond acceptors (Lipinski definition) is 2. The third-order valence-electron chi connectivity index (χ3n) is 2.60. The van der Waals surface area contributed by atoms with Gasteiger partial charge < -0.3 is 0 Å². The Morgan fingerprint density at radius 1 is 1.35 bits per heavy atom. The van der Waals surface area contributed by atoms with E-state index in [0.717, 1.165) is 0 Å². The first-order valence-electron chi connectivity index (χ1n) is 5.46. The van der Waals surface area contributed by atoms with Crippen LogP contribution in [0.3, 0.4) is 0 Å². The third-order valence-corrected chi connectivity index (χ3v) is 4.02. The molecule has 0 saturated carbocycles. The molecule has 0 aromatic heterocycles. The van der Waals surface area contributed by atoms with Crippen molar-refractivity contribution in [3.8, 4) is 12.5 Å². The molecular weight excluding hydrogens is 291 g/mol. The summed E-state index contributed by atoms with van der Waals surface area (Å²) in [6.45, 7) is 2.98. The average molecular weight is 303 g/mol. The van der Waals surface area contributed by atoms with Gasteiger partial charge in [-0.2, -0.15) is 21.6 Å². The number of nitrogens with zero attached hydrogens (tertiary/aromatic N) is 1. The fourth-order valence-corrected chi connectivity index (χ4v) is 2.29. The monoisotopic (exact) mass is 303 g/mol. The molecule has 0 amide bonds. The molecule has 1 atom stereocenters. The lowest BCUT2D eigenvalue weighted by Crippen LogP contribution is -2.39. The molecule has 0 aliphatic heterocycles. The molecule has 0 N–H and O–H groups in total. The van der Waals surface area contributed by atoms with Crippen LogP contribution in [0.4, 0.5) is 13.2 Å². The molecule has 0 aliphatic carbocycles. The lowest BCUT2D eigenvalue weighted by Gasteiger charge is -2.23. The fraction of sp³-hybridized carbons (Fsp3) is 0.231. The number of hydrogen-bond donors (Lipinski definition) is 0. The SMILES string of the molecule is C#CN(CC(C=C)c1ccccc1)S(=O)(=O)C(F)(F)F. The van der Waals surface area contributed by atoms with E-state index in [1.165, 1.54) is 6.08 Å². The zero-order valence-electron chi connectivity index (χ0n) is 10.3. The van der Waals surface area contributed by atoms with E-state index in [0.29, 0.717) is 5.56 Å². The molecule has 108 valence electrons. The van der Waals surface area contributed by atoms with Crippen molar-refractivity contribution in [2.75, 3.05) is 6.54 Å². The molecule has 3 nitrogen and oxygen atoms in total. The van der Waals surface area contributed by atoms with Crippen LogP contribution < -0.4 is 0 Å². The van der Waals surface area contributed by atoms with Crippen molar-refractivity contribution in [2.45, 2.75) is 11.4 Å². The molecule has 0 saturated heterocycles. The standard InChI is InChI=1S/C13H12F3NO2S/c1-3-11(12-8-6-5-7-9-12)10-17(4-2)20(18,19)13(14,15)16/h2-3,5-9,11H,1,10H2. The fourth-order valence-electron chi connectivity index (χ4n) is 1.54. The number of benzene rings is 1. The maximum Gasteiger partial charge on any atom is 0.517 e. The molecule has 1 aromatic rings. The summed E-state index contributed by atoms with van der Waals surface area (Å²) in [5.41, 5.74) is -4.80. The maximum atomic E-state index is 12.5. The Balaban J connectivity index is 3.06. The van der Waals surface area contributed by atoms with E-state index in [-0.39, 0.29) is 4.31 Å². The van der Waals surface area contributed by atoms with Gasteiger partial charge in [-0.25, -0.2) is 4.31 Å². The normalized spacial score (nSPS) is 13.3. The number of halogens is 3. The van der Waals surface area contributed by atoms with Crippen molar-refractivity contribution in [3.63, 3.8) is 0 Å². The van der Waals surface area contributed by atoms with Crippen LogP contribution in [-0.2, 0) is 10.0 Å². The second-order valence-corrected chi connectivity index (χ2v) is 5.72. The quantitative estimate of drug-likeness (QED) is 0.476. The van der Waals surface area contributed by atoms with E-state index >= 15 is 0 Å². The van der Waals surface area contributed by atoms with Crippen molar-refractivity contribution in [1.82, 2.24) is 4.31 Å². The number of alkyl halides is 3. The van der Waals surface area contributed by atoms with Gasteiger partial charge in [0.05, 0.1) is 6.54 Å². The number of terminal acetylenes is 1. The second-order valence-electron chi connectivity index (χ2n) is 3.86. The topological polar surface area (TPSA) is 37.4 Å². The Bertz CT molecular complexity index is 603. The molecule has 0 aliphatic rings. The zero-order chi connectivity index (χ0) is 15.4. The van der Waals surface area contributed by atoms with Gasteiger partial charge in [0.1, 0.15) is 0 Å². The van der Waals surface area contributed by atoms with E-state index in [4.69, 9.17) is 6.42 Å². The van der Waals surface area contributed by atoms with E-state index in [9.17, 15) is 21.6 Å². The van der Waals surface area contributed by atoms with Crippen molar-refractivity contribution < 1.29 is 21.6 Å². The van der Waals surface area contributed by atoms with Crippen LogP contribution in [-0.4, -0.2) is 24.8 Å². The smallest absolute Gasteiger partial charge is 0.220 e. The minimum atomic E-state index is -5.55. The molecule has 7 heteroatoms. The van der Waals surface area contributed by atoms with Gasteiger partial charge >= 0.3 is 15.5 Å². The lowest BCUT2D eigenvalue weighted by atomic mass is 9.99. The van der Waals surface area contributed by atoms with Crippen LogP contribution in [0.5, 0.6) is 0 Å². The first-order chi connectivity index (χ1) is 9.24. The second kappa shape index (κ2) is 6.01. The van der Waals surface area contributed by atoms with Gasteiger partial charge in [0, 0.05) is 12.0 Å². The van der Waals surface area contributed by atoms with Gasteiger partial charge in [-0.05, 0) is 5.56 Å². The summed E-state index contributed by atoms with van der Waals surface area (Å²) in [5, 5.41) is 0. The van der Waals surface area contributed by atoms with Crippen LogP contribution in [0.25, 0.3) is 0 Å². The first kappa shape index (κ1) is 16.1. The highest BCUT2D eigenvalue weighted by Gasteiger charge is 2.49. The van der Waals surface area contributed by atoms with Crippen molar-refractivity contribution in [1.29, 1.82) is 0 Å². The molecule has 0 fully saturated rings. The summed E-state index contributed by atoms with van der Waals surface area (Å²) in [5.74, 6) is -0.635. The summed E-state index contributed by atoms with van der Waals surface area (Å²) in [7, 11) is -5.55. The van der Waals surface area contributed by atoms with Crippen LogP contribution in [0, 0.1) is 12.5 Å². The Morgan fingerprint density at radius 3 is 2.30 bits per heavy atom. The summed E-state index contributed by atoms with van der Waals surface area (Å²) in [6, 6.07) is 9.97. The molecule has 0 spiro atoms. The zero-order valence-corrected chi connectivity index (χ0v) is 11.2. The largest absolute Gasteiger partial charge is 0.517 e. The van der Waals surface area contributed by atoms with E-state index < -0.39 is 28.0 Å². The summed E-state index contributed by atoms with van der Waals surface area (Å²) >= 11 is 0. The summed E-state index contributed by atoms with van der Waals surface area (Å²) < 4.78 is 60.0. The summed E-state index contributed by atoms with van der Waals surface area (Å²) in [6.07, 6.45) is 6.25. The average Bonchev–Trinajstić information content (AvgIpc) is 2.39. The molecule has 0 bridgehead atoms. The lowest BCUT2D eigenvalue weighted by molar-refractivity contribution is -0.0475. The third kappa shape index (κ3) is 3.33. The Morgan fingerprint density at radius 2 is 1.90 bits per heavy atom. The van der Waals surface area contributed by atoms with Gasteiger partial charge in [-0.3, -0.25) is 0 Å². The van der Waals surface area contributed by atoms with Gasteiger partial charge in [0.15, 0.2) is 0 Å².